The lowest BCUT2D eigenvalue weighted by molar-refractivity contribution is 0.440. The van der Waals surface area contributed by atoms with E-state index in [1.54, 1.807) is 7.05 Å². The molecule has 7 heteroatoms. The van der Waals surface area contributed by atoms with E-state index in [2.05, 4.69) is 10.1 Å². The average Bonchev–Trinajstić information content (AvgIpc) is 2.60. The van der Waals surface area contributed by atoms with Crippen LogP contribution in [-0.4, -0.2) is 14.8 Å². The van der Waals surface area contributed by atoms with Gasteiger partial charge in [-0.05, 0) is 0 Å². The molecule has 0 aliphatic rings. The predicted molar refractivity (Wildman–Crippen MR) is 56.9 cm³/mol. The Bertz CT molecular complexity index is 528. The summed E-state index contributed by atoms with van der Waals surface area (Å²) in [5.41, 5.74) is 5.69. The Balaban J connectivity index is 2.31. The third kappa shape index (κ3) is 2.06. The van der Waals surface area contributed by atoms with Crippen LogP contribution in [0.3, 0.4) is 0 Å². The molecule has 2 aromatic rings. The SMILES string of the molecule is Cn1cnc(Oc2cc(Cl)c(F)cc2N)n1. The van der Waals surface area contributed by atoms with Gasteiger partial charge in [-0.2, -0.15) is 4.98 Å². The van der Waals surface area contributed by atoms with Gasteiger partial charge in [-0.25, -0.2) is 4.39 Å². The summed E-state index contributed by atoms with van der Waals surface area (Å²) in [5.74, 6) is -0.377. The summed E-state index contributed by atoms with van der Waals surface area (Å²) in [7, 11) is 1.70. The van der Waals surface area contributed by atoms with Crippen molar-refractivity contribution < 1.29 is 9.13 Å². The number of aryl methyl sites for hydroxylation is 1. The first-order valence-electron chi connectivity index (χ1n) is 4.34. The highest BCUT2D eigenvalue weighted by molar-refractivity contribution is 6.31. The molecule has 0 unspecified atom stereocenters. The summed E-state index contributed by atoms with van der Waals surface area (Å²) in [4.78, 5) is 3.84. The summed E-state index contributed by atoms with van der Waals surface area (Å²) < 4.78 is 19.7. The largest absolute Gasteiger partial charge is 0.421 e. The summed E-state index contributed by atoms with van der Waals surface area (Å²) >= 11 is 5.60. The minimum atomic E-state index is -0.597. The lowest BCUT2D eigenvalue weighted by Gasteiger charge is -2.05. The van der Waals surface area contributed by atoms with Crippen molar-refractivity contribution in [2.75, 3.05) is 5.73 Å². The van der Waals surface area contributed by atoms with Gasteiger partial charge in [0.1, 0.15) is 12.1 Å². The van der Waals surface area contributed by atoms with Crippen molar-refractivity contribution >= 4 is 17.3 Å². The standard InChI is InChI=1S/C9H8ClFN4O/c1-15-4-13-9(14-15)16-8-2-5(10)6(11)3-7(8)12/h2-4H,12H2,1H3. The number of nitrogens with zero attached hydrogens (tertiary/aromatic N) is 3. The smallest absolute Gasteiger partial charge is 0.341 e. The van der Waals surface area contributed by atoms with Crippen LogP contribution in [0.15, 0.2) is 18.5 Å². The normalized spacial score (nSPS) is 10.4. The lowest BCUT2D eigenvalue weighted by atomic mass is 10.3. The van der Waals surface area contributed by atoms with Crippen molar-refractivity contribution in [3.63, 3.8) is 0 Å². The van der Waals surface area contributed by atoms with Crippen molar-refractivity contribution in [1.29, 1.82) is 0 Å². The number of hydrogen-bond acceptors (Lipinski definition) is 4. The summed E-state index contributed by atoms with van der Waals surface area (Å²) in [6.45, 7) is 0. The van der Waals surface area contributed by atoms with Crippen LogP contribution in [-0.2, 0) is 7.05 Å². The number of aromatic nitrogens is 3. The molecule has 0 fully saturated rings. The van der Waals surface area contributed by atoms with Gasteiger partial charge in [0.05, 0.1) is 10.7 Å². The van der Waals surface area contributed by atoms with E-state index < -0.39 is 5.82 Å². The zero-order valence-electron chi connectivity index (χ0n) is 8.32. The predicted octanol–water partition coefficient (Wildman–Crippen LogP) is 1.98. The highest BCUT2D eigenvalue weighted by Gasteiger charge is 2.10. The summed E-state index contributed by atoms with van der Waals surface area (Å²) in [6, 6.07) is 2.49. The molecule has 0 amide bonds. The quantitative estimate of drug-likeness (QED) is 0.818. The second kappa shape index (κ2) is 3.97. The van der Waals surface area contributed by atoms with Crippen LogP contribution in [0.5, 0.6) is 11.8 Å². The first-order valence-corrected chi connectivity index (χ1v) is 4.72. The Hall–Kier alpha value is -1.82. The maximum absolute atomic E-state index is 13.0. The van der Waals surface area contributed by atoms with Crippen LogP contribution in [0.1, 0.15) is 0 Å². The Kier molecular flexibility index (Phi) is 2.66. The van der Waals surface area contributed by atoms with Crippen molar-refractivity contribution in [3.8, 4) is 11.8 Å². The summed E-state index contributed by atoms with van der Waals surface area (Å²) in [6.07, 6.45) is 1.47. The maximum atomic E-state index is 13.0. The average molecular weight is 243 g/mol. The van der Waals surface area contributed by atoms with Gasteiger partial charge in [0.2, 0.25) is 0 Å². The Morgan fingerprint density at radius 2 is 2.25 bits per heavy atom. The molecule has 2 N–H and O–H groups in total. The highest BCUT2D eigenvalue weighted by Crippen LogP contribution is 2.30. The van der Waals surface area contributed by atoms with Crippen LogP contribution in [0.2, 0.25) is 5.02 Å². The Labute approximate surface area is 95.6 Å². The number of nitrogen functional groups attached to an aromatic ring is 1. The first-order chi connectivity index (χ1) is 7.56. The van der Waals surface area contributed by atoms with E-state index in [0.717, 1.165) is 6.07 Å². The molecule has 0 spiro atoms. The molecule has 16 heavy (non-hydrogen) atoms. The van der Waals surface area contributed by atoms with Crippen LogP contribution in [0, 0.1) is 5.82 Å². The topological polar surface area (TPSA) is 66.0 Å². The monoisotopic (exact) mass is 242 g/mol. The first kappa shape index (κ1) is 10.7. The summed E-state index contributed by atoms with van der Waals surface area (Å²) in [5, 5.41) is 3.82. The number of nitrogens with two attached hydrogens (primary N) is 1. The zero-order chi connectivity index (χ0) is 11.7. The van der Waals surface area contributed by atoms with Crippen LogP contribution < -0.4 is 10.5 Å². The van der Waals surface area contributed by atoms with Gasteiger partial charge in [0.15, 0.2) is 5.75 Å². The molecule has 0 saturated carbocycles. The lowest BCUT2D eigenvalue weighted by Crippen LogP contribution is -1.95. The minimum absolute atomic E-state index is 0.0693. The minimum Gasteiger partial charge on any atom is -0.421 e. The molecule has 5 nitrogen and oxygen atoms in total. The van der Waals surface area contributed by atoms with Crippen molar-refractivity contribution in [2.24, 2.45) is 7.05 Å². The molecule has 1 aromatic heterocycles. The molecule has 0 saturated heterocycles. The maximum Gasteiger partial charge on any atom is 0.341 e. The molecular weight excluding hydrogens is 235 g/mol. The van der Waals surface area contributed by atoms with Gasteiger partial charge in [-0.15, -0.1) is 5.10 Å². The number of anilines is 1. The van der Waals surface area contributed by atoms with Crippen LogP contribution >= 0.6 is 11.6 Å². The number of ether oxygens (including phenoxy) is 1. The van der Waals surface area contributed by atoms with E-state index in [0.29, 0.717) is 0 Å². The van der Waals surface area contributed by atoms with Crippen LogP contribution in [0.4, 0.5) is 10.1 Å². The number of halogens is 2. The van der Waals surface area contributed by atoms with E-state index >= 15 is 0 Å². The molecule has 0 aliphatic heterocycles. The second-order valence-electron chi connectivity index (χ2n) is 3.11. The van der Waals surface area contributed by atoms with Gasteiger partial charge in [-0.1, -0.05) is 11.6 Å². The van der Waals surface area contributed by atoms with Gasteiger partial charge < -0.3 is 10.5 Å². The molecular formula is C9H8ClFN4O. The zero-order valence-corrected chi connectivity index (χ0v) is 9.07. The number of benzene rings is 1. The fraction of sp³-hybridized carbons (Fsp3) is 0.111. The van der Waals surface area contributed by atoms with E-state index in [1.807, 2.05) is 0 Å². The molecule has 84 valence electrons. The van der Waals surface area contributed by atoms with Crippen molar-refractivity contribution in [3.05, 3.63) is 29.3 Å². The second-order valence-corrected chi connectivity index (χ2v) is 3.51. The van der Waals surface area contributed by atoms with E-state index in [1.165, 1.54) is 17.1 Å². The molecule has 2 rings (SSSR count). The fourth-order valence-electron chi connectivity index (χ4n) is 1.10. The van der Waals surface area contributed by atoms with Gasteiger partial charge in [0.25, 0.3) is 0 Å². The molecule has 1 heterocycles. The highest BCUT2D eigenvalue weighted by atomic mass is 35.5. The van der Waals surface area contributed by atoms with E-state index in [9.17, 15) is 4.39 Å². The number of hydrogen-bond donors (Lipinski definition) is 1. The number of rotatable bonds is 2. The fourth-order valence-corrected chi connectivity index (χ4v) is 1.25. The van der Waals surface area contributed by atoms with Gasteiger partial charge in [-0.3, -0.25) is 4.68 Å². The van der Waals surface area contributed by atoms with Gasteiger partial charge in [0, 0.05) is 19.2 Å². The van der Waals surface area contributed by atoms with E-state index in [-0.39, 0.29) is 22.5 Å². The Morgan fingerprint density at radius 1 is 1.50 bits per heavy atom. The van der Waals surface area contributed by atoms with Crippen molar-refractivity contribution in [1.82, 2.24) is 14.8 Å². The van der Waals surface area contributed by atoms with Gasteiger partial charge >= 0.3 is 6.01 Å². The third-order valence-electron chi connectivity index (χ3n) is 1.83. The molecule has 0 aliphatic carbocycles. The molecule has 0 atom stereocenters. The molecule has 1 aromatic carbocycles. The van der Waals surface area contributed by atoms with Crippen molar-refractivity contribution in [2.45, 2.75) is 0 Å². The van der Waals surface area contributed by atoms with Crippen LogP contribution in [0.25, 0.3) is 0 Å². The Morgan fingerprint density at radius 3 is 2.88 bits per heavy atom. The third-order valence-corrected chi connectivity index (χ3v) is 2.12. The molecule has 0 bridgehead atoms. The molecule has 0 radical (unpaired) electrons. The van der Waals surface area contributed by atoms with E-state index in [4.69, 9.17) is 22.1 Å².